The first kappa shape index (κ1) is 11.9. The maximum Gasteiger partial charge on any atom is 0.411 e. The van der Waals surface area contributed by atoms with Gasteiger partial charge < -0.3 is 14.2 Å². The van der Waals surface area contributed by atoms with Crippen LogP contribution in [0.25, 0.3) is 0 Å². The number of rotatable bonds is 4. The Bertz CT molecular complexity index is 349. The van der Waals surface area contributed by atoms with Crippen LogP contribution >= 0.6 is 0 Å². The van der Waals surface area contributed by atoms with E-state index in [1.54, 1.807) is 12.1 Å². The lowest BCUT2D eigenvalue weighted by Gasteiger charge is -2.09. The number of carbonyl (C=O) groups is 1. The van der Waals surface area contributed by atoms with Crippen LogP contribution in [0.15, 0.2) is 30.3 Å². The Balaban J connectivity index is 1.64. The molecule has 1 saturated heterocycles. The average molecular weight is 237 g/mol. The Hall–Kier alpha value is -1.59. The highest BCUT2D eigenvalue weighted by Crippen LogP contribution is 2.08. The molecule has 0 radical (unpaired) electrons. The van der Waals surface area contributed by atoms with Crippen LogP contribution in [0.4, 0.5) is 10.5 Å². The standard InChI is InChI=1S/C12H15NO4/c14-12(13-10-4-2-1-3-5-10)16-7-6-11-8-15-9-17-11/h1-5,11H,6-9H2,(H,13,14). The monoisotopic (exact) mass is 237 g/mol. The molecule has 1 aliphatic heterocycles. The molecule has 1 amide bonds. The zero-order chi connectivity index (χ0) is 11.9. The number of amides is 1. The van der Waals surface area contributed by atoms with Gasteiger partial charge in [-0.25, -0.2) is 4.79 Å². The summed E-state index contributed by atoms with van der Waals surface area (Å²) in [5.74, 6) is 0. The molecule has 1 fully saturated rings. The van der Waals surface area contributed by atoms with Gasteiger partial charge in [-0.2, -0.15) is 0 Å². The van der Waals surface area contributed by atoms with Gasteiger partial charge in [0, 0.05) is 12.1 Å². The summed E-state index contributed by atoms with van der Waals surface area (Å²) in [6, 6.07) is 9.18. The Labute approximate surface area is 99.7 Å². The molecule has 5 nitrogen and oxygen atoms in total. The maximum atomic E-state index is 11.4. The minimum absolute atomic E-state index is 0.0412. The number of nitrogens with one attached hydrogen (secondary N) is 1. The summed E-state index contributed by atoms with van der Waals surface area (Å²) in [6.07, 6.45) is 0.247. The molecule has 0 aromatic heterocycles. The van der Waals surface area contributed by atoms with Crippen molar-refractivity contribution < 1.29 is 19.0 Å². The quantitative estimate of drug-likeness (QED) is 0.870. The molecule has 1 aromatic carbocycles. The van der Waals surface area contributed by atoms with Gasteiger partial charge in [0.1, 0.15) is 6.79 Å². The first-order valence-corrected chi connectivity index (χ1v) is 5.53. The van der Waals surface area contributed by atoms with Crippen molar-refractivity contribution in [2.75, 3.05) is 25.3 Å². The second-order valence-electron chi connectivity index (χ2n) is 3.69. The average Bonchev–Trinajstić information content (AvgIpc) is 2.83. The Kier molecular flexibility index (Phi) is 4.35. The summed E-state index contributed by atoms with van der Waals surface area (Å²) >= 11 is 0. The van der Waals surface area contributed by atoms with Crippen LogP contribution in [-0.2, 0) is 14.2 Å². The van der Waals surface area contributed by atoms with Crippen molar-refractivity contribution in [2.45, 2.75) is 12.5 Å². The number of carbonyl (C=O) groups excluding carboxylic acids is 1. The molecule has 0 saturated carbocycles. The van der Waals surface area contributed by atoms with E-state index in [-0.39, 0.29) is 6.10 Å². The van der Waals surface area contributed by atoms with Crippen molar-refractivity contribution in [3.63, 3.8) is 0 Å². The summed E-state index contributed by atoms with van der Waals surface area (Å²) in [6.45, 7) is 1.23. The Morgan fingerprint density at radius 3 is 2.94 bits per heavy atom. The van der Waals surface area contributed by atoms with Crippen LogP contribution in [0.3, 0.4) is 0 Å². The largest absolute Gasteiger partial charge is 0.449 e. The third-order valence-electron chi connectivity index (χ3n) is 2.38. The van der Waals surface area contributed by atoms with Gasteiger partial charge in [0.25, 0.3) is 0 Å². The van der Waals surface area contributed by atoms with E-state index in [1.165, 1.54) is 0 Å². The van der Waals surface area contributed by atoms with Gasteiger partial charge >= 0.3 is 6.09 Å². The lowest BCUT2D eigenvalue weighted by atomic mass is 10.3. The van der Waals surface area contributed by atoms with E-state index in [4.69, 9.17) is 14.2 Å². The normalized spacial score (nSPS) is 18.9. The summed E-state index contributed by atoms with van der Waals surface area (Å²) in [5, 5.41) is 2.63. The fourth-order valence-electron chi connectivity index (χ4n) is 1.50. The van der Waals surface area contributed by atoms with Crippen molar-refractivity contribution >= 4 is 11.8 Å². The lowest BCUT2D eigenvalue weighted by molar-refractivity contribution is 0.0386. The maximum absolute atomic E-state index is 11.4. The van der Waals surface area contributed by atoms with E-state index in [1.807, 2.05) is 18.2 Å². The van der Waals surface area contributed by atoms with E-state index >= 15 is 0 Å². The highest BCUT2D eigenvalue weighted by molar-refractivity contribution is 5.84. The molecule has 1 atom stereocenters. The van der Waals surface area contributed by atoms with Gasteiger partial charge in [0.2, 0.25) is 0 Å². The van der Waals surface area contributed by atoms with Crippen LogP contribution < -0.4 is 5.32 Å². The number of anilines is 1. The molecular formula is C12H15NO4. The molecular weight excluding hydrogens is 222 g/mol. The molecule has 5 heteroatoms. The van der Waals surface area contributed by atoms with E-state index in [0.717, 1.165) is 5.69 Å². The molecule has 0 bridgehead atoms. The van der Waals surface area contributed by atoms with Gasteiger partial charge in [-0.3, -0.25) is 5.32 Å². The fourth-order valence-corrected chi connectivity index (χ4v) is 1.50. The molecule has 2 rings (SSSR count). The highest BCUT2D eigenvalue weighted by Gasteiger charge is 2.16. The third-order valence-corrected chi connectivity index (χ3v) is 2.38. The molecule has 1 unspecified atom stereocenters. The topological polar surface area (TPSA) is 56.8 Å². The van der Waals surface area contributed by atoms with E-state index in [9.17, 15) is 4.79 Å². The Morgan fingerprint density at radius 1 is 1.41 bits per heavy atom. The second kappa shape index (κ2) is 6.22. The predicted octanol–water partition coefficient (Wildman–Crippen LogP) is 2.00. The molecule has 1 aliphatic rings. The van der Waals surface area contributed by atoms with Gasteiger partial charge in [0.05, 0.1) is 19.3 Å². The zero-order valence-corrected chi connectivity index (χ0v) is 9.43. The van der Waals surface area contributed by atoms with Crippen molar-refractivity contribution in [3.8, 4) is 0 Å². The highest BCUT2D eigenvalue weighted by atomic mass is 16.7. The van der Waals surface area contributed by atoms with Crippen molar-refractivity contribution in [3.05, 3.63) is 30.3 Å². The van der Waals surface area contributed by atoms with E-state index in [0.29, 0.717) is 26.4 Å². The number of para-hydroxylation sites is 1. The van der Waals surface area contributed by atoms with Crippen molar-refractivity contribution in [1.29, 1.82) is 0 Å². The number of hydrogen-bond acceptors (Lipinski definition) is 4. The van der Waals surface area contributed by atoms with E-state index < -0.39 is 6.09 Å². The fraction of sp³-hybridized carbons (Fsp3) is 0.417. The molecule has 1 aromatic rings. The molecule has 1 heterocycles. The van der Waals surface area contributed by atoms with Gasteiger partial charge in [-0.15, -0.1) is 0 Å². The summed E-state index contributed by atoms with van der Waals surface area (Å²) in [4.78, 5) is 11.4. The smallest absolute Gasteiger partial charge is 0.411 e. The van der Waals surface area contributed by atoms with Crippen LogP contribution in [0.1, 0.15) is 6.42 Å². The summed E-state index contributed by atoms with van der Waals surface area (Å²) in [7, 11) is 0. The lowest BCUT2D eigenvalue weighted by Crippen LogP contribution is -2.18. The Morgan fingerprint density at radius 2 is 2.24 bits per heavy atom. The van der Waals surface area contributed by atoms with Crippen LogP contribution in [0.5, 0.6) is 0 Å². The third kappa shape index (κ3) is 4.05. The molecule has 0 spiro atoms. The minimum atomic E-state index is -0.449. The number of ether oxygens (including phenoxy) is 3. The zero-order valence-electron chi connectivity index (χ0n) is 9.43. The van der Waals surface area contributed by atoms with Gasteiger partial charge in [-0.05, 0) is 12.1 Å². The van der Waals surface area contributed by atoms with Crippen molar-refractivity contribution in [2.24, 2.45) is 0 Å². The summed E-state index contributed by atoms with van der Waals surface area (Å²) in [5.41, 5.74) is 0.720. The van der Waals surface area contributed by atoms with Gasteiger partial charge in [-0.1, -0.05) is 18.2 Å². The first-order chi connectivity index (χ1) is 8.34. The molecule has 1 N–H and O–H groups in total. The van der Waals surface area contributed by atoms with Crippen molar-refractivity contribution in [1.82, 2.24) is 0 Å². The number of benzene rings is 1. The second-order valence-corrected chi connectivity index (χ2v) is 3.69. The minimum Gasteiger partial charge on any atom is -0.449 e. The molecule has 92 valence electrons. The molecule has 0 aliphatic carbocycles. The predicted molar refractivity (Wildman–Crippen MR) is 61.7 cm³/mol. The molecule has 17 heavy (non-hydrogen) atoms. The first-order valence-electron chi connectivity index (χ1n) is 5.53. The van der Waals surface area contributed by atoms with E-state index in [2.05, 4.69) is 5.32 Å². The van der Waals surface area contributed by atoms with Crippen LogP contribution in [0, 0.1) is 0 Å². The van der Waals surface area contributed by atoms with Crippen LogP contribution in [0.2, 0.25) is 0 Å². The van der Waals surface area contributed by atoms with Crippen LogP contribution in [-0.4, -0.2) is 32.2 Å². The summed E-state index contributed by atoms with van der Waals surface area (Å²) < 4.78 is 15.3. The SMILES string of the molecule is O=C(Nc1ccccc1)OCCC1COCO1. The van der Waals surface area contributed by atoms with Gasteiger partial charge in [0.15, 0.2) is 0 Å². The number of hydrogen-bond donors (Lipinski definition) is 1.